The van der Waals surface area contributed by atoms with E-state index in [1.165, 1.54) is 37.0 Å². The number of aromatic hydroxyl groups is 1. The highest BCUT2D eigenvalue weighted by molar-refractivity contribution is 7.17. The molecule has 6 nitrogen and oxygen atoms in total. The normalized spacial score (nSPS) is 16.1. The maximum absolute atomic E-state index is 14.1. The molecule has 0 aliphatic carbocycles. The van der Waals surface area contributed by atoms with Crippen LogP contribution in [0.1, 0.15) is 47.2 Å². The van der Waals surface area contributed by atoms with E-state index in [2.05, 4.69) is 9.80 Å². The van der Waals surface area contributed by atoms with Gasteiger partial charge in [0.25, 0.3) is 0 Å². The van der Waals surface area contributed by atoms with Gasteiger partial charge in [0.1, 0.15) is 23.9 Å². The van der Waals surface area contributed by atoms with Gasteiger partial charge in [-0.25, -0.2) is 0 Å². The van der Waals surface area contributed by atoms with E-state index in [1.54, 1.807) is 13.2 Å². The number of fused-ring (bicyclic) bond motifs is 1. The van der Waals surface area contributed by atoms with Crippen LogP contribution in [0.4, 0.5) is 0 Å². The lowest BCUT2D eigenvalue weighted by Gasteiger charge is -2.22. The van der Waals surface area contributed by atoms with Gasteiger partial charge in [0, 0.05) is 45.2 Å². The number of methoxy groups -OCH3 is 1. The standard InChI is InChI=1S/C33H36N2O4S/c1-38-33-24(21-35-16-6-7-17-35)20-28(36)31(32(37)27-22-40-29-9-3-2-8-26(27)29)30(33)23-10-12-25(13-11-23)39-19-18-34-14-4-5-15-34/h2-3,8-13,20,22,36H,4-7,14-19,21H2,1H3. The fourth-order valence-electron chi connectivity index (χ4n) is 6.05. The van der Waals surface area contributed by atoms with Gasteiger partial charge in [-0.1, -0.05) is 30.3 Å². The summed E-state index contributed by atoms with van der Waals surface area (Å²) in [6.07, 6.45) is 4.87. The molecule has 6 rings (SSSR count). The number of likely N-dealkylation sites (tertiary alicyclic amines) is 2. The lowest BCUT2D eigenvalue weighted by atomic mass is 9.89. The Morgan fingerprint density at radius 1 is 0.950 bits per heavy atom. The average Bonchev–Trinajstić information content (AvgIpc) is 3.76. The van der Waals surface area contributed by atoms with Crippen molar-refractivity contribution >= 4 is 27.2 Å². The fraction of sp³-hybridized carbons (Fsp3) is 0.364. The molecular weight excluding hydrogens is 520 g/mol. The molecule has 0 bridgehead atoms. The number of ketones is 1. The zero-order valence-electron chi connectivity index (χ0n) is 23.0. The van der Waals surface area contributed by atoms with Crippen molar-refractivity contribution in [2.24, 2.45) is 0 Å². The molecule has 2 saturated heterocycles. The predicted molar refractivity (Wildman–Crippen MR) is 161 cm³/mol. The zero-order valence-corrected chi connectivity index (χ0v) is 23.8. The van der Waals surface area contributed by atoms with E-state index in [0.717, 1.165) is 59.7 Å². The molecule has 0 atom stereocenters. The smallest absolute Gasteiger partial charge is 0.198 e. The summed E-state index contributed by atoms with van der Waals surface area (Å²) in [5.74, 6) is 1.20. The van der Waals surface area contributed by atoms with Crippen molar-refractivity contribution in [2.75, 3.05) is 46.4 Å². The molecule has 1 N–H and O–H groups in total. The van der Waals surface area contributed by atoms with Gasteiger partial charge in [-0.2, -0.15) is 0 Å². The van der Waals surface area contributed by atoms with E-state index in [4.69, 9.17) is 9.47 Å². The second-order valence-corrected chi connectivity index (χ2v) is 11.6. The average molecular weight is 557 g/mol. The van der Waals surface area contributed by atoms with Crippen molar-refractivity contribution in [1.29, 1.82) is 0 Å². The molecule has 2 aliphatic heterocycles. The topological polar surface area (TPSA) is 62.2 Å². The summed E-state index contributed by atoms with van der Waals surface area (Å²) < 4.78 is 13.1. The molecular formula is C33H36N2O4S. The summed E-state index contributed by atoms with van der Waals surface area (Å²) in [4.78, 5) is 18.9. The highest BCUT2D eigenvalue weighted by atomic mass is 32.1. The van der Waals surface area contributed by atoms with Crippen LogP contribution in [0.2, 0.25) is 0 Å². The Labute approximate surface area is 239 Å². The van der Waals surface area contributed by atoms with Crippen LogP contribution < -0.4 is 9.47 Å². The molecule has 0 amide bonds. The van der Waals surface area contributed by atoms with Crippen LogP contribution in [0.25, 0.3) is 21.2 Å². The Morgan fingerprint density at radius 2 is 1.65 bits per heavy atom. The van der Waals surface area contributed by atoms with Crippen molar-refractivity contribution in [2.45, 2.75) is 32.2 Å². The summed E-state index contributed by atoms with van der Waals surface area (Å²) in [7, 11) is 1.65. The number of nitrogens with zero attached hydrogens (tertiary/aromatic N) is 2. The van der Waals surface area contributed by atoms with Gasteiger partial charge in [-0.05, 0) is 81.7 Å². The number of phenols is 1. The molecule has 0 unspecified atom stereocenters. The molecule has 3 heterocycles. The van der Waals surface area contributed by atoms with Crippen LogP contribution in [-0.2, 0) is 6.54 Å². The van der Waals surface area contributed by atoms with Crippen LogP contribution in [-0.4, -0.2) is 67.1 Å². The number of carbonyl (C=O) groups is 1. The molecule has 0 radical (unpaired) electrons. The fourth-order valence-corrected chi connectivity index (χ4v) is 6.99. The lowest BCUT2D eigenvalue weighted by Crippen LogP contribution is -2.25. The van der Waals surface area contributed by atoms with Crippen molar-refractivity contribution < 1.29 is 19.4 Å². The van der Waals surface area contributed by atoms with E-state index in [9.17, 15) is 9.90 Å². The van der Waals surface area contributed by atoms with Gasteiger partial charge in [-0.3, -0.25) is 14.6 Å². The minimum atomic E-state index is -0.207. The van der Waals surface area contributed by atoms with Crippen molar-refractivity contribution in [3.63, 3.8) is 0 Å². The summed E-state index contributed by atoms with van der Waals surface area (Å²) in [6, 6.07) is 17.4. The van der Waals surface area contributed by atoms with Gasteiger partial charge < -0.3 is 14.6 Å². The van der Waals surface area contributed by atoms with E-state index < -0.39 is 0 Å². The molecule has 40 heavy (non-hydrogen) atoms. The first-order valence-electron chi connectivity index (χ1n) is 14.2. The zero-order chi connectivity index (χ0) is 27.5. The summed E-state index contributed by atoms with van der Waals surface area (Å²) >= 11 is 1.54. The van der Waals surface area contributed by atoms with Gasteiger partial charge in [0.05, 0.1) is 12.7 Å². The van der Waals surface area contributed by atoms with E-state index >= 15 is 0 Å². The summed E-state index contributed by atoms with van der Waals surface area (Å²) in [5.41, 5.74) is 3.18. The minimum Gasteiger partial charge on any atom is -0.507 e. The first kappa shape index (κ1) is 26.8. The van der Waals surface area contributed by atoms with Gasteiger partial charge in [0.2, 0.25) is 0 Å². The third kappa shape index (κ3) is 5.46. The van der Waals surface area contributed by atoms with Crippen molar-refractivity contribution in [3.05, 3.63) is 76.7 Å². The minimum absolute atomic E-state index is 0.0174. The summed E-state index contributed by atoms with van der Waals surface area (Å²) in [5, 5.41) is 14.2. The maximum atomic E-state index is 14.1. The SMILES string of the molecule is COc1c(CN2CCCC2)cc(O)c(C(=O)c2csc3ccccc23)c1-c1ccc(OCCN2CCCC2)cc1. The first-order valence-corrected chi connectivity index (χ1v) is 15.1. The largest absolute Gasteiger partial charge is 0.507 e. The van der Waals surface area contributed by atoms with Crippen LogP contribution in [0.5, 0.6) is 17.2 Å². The molecule has 0 spiro atoms. The Balaban J connectivity index is 1.38. The van der Waals surface area contributed by atoms with E-state index in [0.29, 0.717) is 30.0 Å². The molecule has 2 fully saturated rings. The molecule has 4 aromatic rings. The number of ether oxygens (including phenoxy) is 2. The van der Waals surface area contributed by atoms with Crippen LogP contribution in [0.3, 0.4) is 0 Å². The van der Waals surface area contributed by atoms with Crippen molar-refractivity contribution in [3.8, 4) is 28.4 Å². The second-order valence-electron chi connectivity index (χ2n) is 10.7. The van der Waals surface area contributed by atoms with Crippen LogP contribution in [0.15, 0.2) is 60.0 Å². The third-order valence-electron chi connectivity index (χ3n) is 8.10. The Hall–Kier alpha value is -3.39. The monoisotopic (exact) mass is 556 g/mol. The maximum Gasteiger partial charge on any atom is 0.198 e. The second kappa shape index (κ2) is 12.0. The summed E-state index contributed by atoms with van der Waals surface area (Å²) in [6.45, 7) is 6.57. The molecule has 208 valence electrons. The molecule has 1 aromatic heterocycles. The first-order chi connectivity index (χ1) is 19.6. The number of benzene rings is 3. The molecule has 3 aromatic carbocycles. The Morgan fingerprint density at radius 3 is 2.38 bits per heavy atom. The van der Waals surface area contributed by atoms with Gasteiger partial charge >= 0.3 is 0 Å². The number of phenolic OH excluding ortho intramolecular Hbond substituents is 1. The lowest BCUT2D eigenvalue weighted by molar-refractivity contribution is 0.103. The van der Waals surface area contributed by atoms with Gasteiger partial charge in [0.15, 0.2) is 5.78 Å². The highest BCUT2D eigenvalue weighted by Crippen LogP contribution is 2.44. The number of hydrogen-bond donors (Lipinski definition) is 1. The highest BCUT2D eigenvalue weighted by Gasteiger charge is 2.28. The Kier molecular flexibility index (Phi) is 8.05. The predicted octanol–water partition coefficient (Wildman–Crippen LogP) is 6.58. The number of thiophene rings is 1. The third-order valence-corrected chi connectivity index (χ3v) is 9.07. The van der Waals surface area contributed by atoms with Crippen LogP contribution >= 0.6 is 11.3 Å². The number of hydrogen-bond acceptors (Lipinski definition) is 7. The molecule has 2 aliphatic rings. The van der Waals surface area contributed by atoms with Crippen molar-refractivity contribution in [1.82, 2.24) is 9.80 Å². The Bertz CT molecular complexity index is 1480. The molecule has 0 saturated carbocycles. The van der Waals surface area contributed by atoms with E-state index in [-0.39, 0.29) is 17.1 Å². The quantitative estimate of drug-likeness (QED) is 0.223. The number of rotatable bonds is 10. The van der Waals surface area contributed by atoms with E-state index in [1.807, 2.05) is 53.9 Å². The molecule has 7 heteroatoms. The number of carbonyl (C=O) groups excluding carboxylic acids is 1. The van der Waals surface area contributed by atoms with Gasteiger partial charge in [-0.15, -0.1) is 11.3 Å². The van der Waals surface area contributed by atoms with Crippen LogP contribution in [0, 0.1) is 0 Å².